The summed E-state index contributed by atoms with van der Waals surface area (Å²) < 4.78 is 37.9. The lowest BCUT2D eigenvalue weighted by Crippen LogP contribution is -2.13. The van der Waals surface area contributed by atoms with E-state index in [0.29, 0.717) is 11.6 Å². The van der Waals surface area contributed by atoms with E-state index in [0.717, 1.165) is 17.7 Å². The molecule has 0 saturated heterocycles. The van der Waals surface area contributed by atoms with E-state index in [2.05, 4.69) is 19.2 Å². The fraction of sp³-hybridized carbons (Fsp3) is 0.235. The largest absolute Gasteiger partial charge is 0.416 e. The molecular weight excluding hydrogens is 291 g/mol. The zero-order valence-corrected chi connectivity index (χ0v) is 12.2. The number of halogens is 3. The highest BCUT2D eigenvalue weighted by molar-refractivity contribution is 6.04. The van der Waals surface area contributed by atoms with Gasteiger partial charge in [0.05, 0.1) is 5.56 Å². The molecule has 0 fully saturated rings. The molecule has 0 atom stereocenters. The van der Waals surface area contributed by atoms with E-state index in [1.54, 1.807) is 12.1 Å². The van der Waals surface area contributed by atoms with Crippen LogP contribution in [0, 0.1) is 0 Å². The Hall–Kier alpha value is -2.30. The molecule has 2 rings (SSSR count). The highest BCUT2D eigenvalue weighted by atomic mass is 19.4. The van der Waals surface area contributed by atoms with Crippen LogP contribution in [0.15, 0.2) is 48.5 Å². The molecule has 0 saturated carbocycles. The minimum Gasteiger partial charge on any atom is -0.322 e. The number of hydrogen-bond donors (Lipinski definition) is 1. The van der Waals surface area contributed by atoms with Crippen molar-refractivity contribution in [3.63, 3.8) is 0 Å². The molecule has 2 aromatic rings. The van der Waals surface area contributed by atoms with E-state index < -0.39 is 17.6 Å². The van der Waals surface area contributed by atoms with Crippen molar-refractivity contribution in [2.24, 2.45) is 0 Å². The van der Waals surface area contributed by atoms with Crippen molar-refractivity contribution in [3.05, 3.63) is 65.2 Å². The summed E-state index contributed by atoms with van der Waals surface area (Å²) in [6.07, 6.45) is -4.46. The molecule has 0 heterocycles. The van der Waals surface area contributed by atoms with E-state index in [4.69, 9.17) is 0 Å². The fourth-order valence-electron chi connectivity index (χ4n) is 1.99. The topological polar surface area (TPSA) is 29.1 Å². The molecule has 0 aliphatic carbocycles. The molecule has 2 nitrogen and oxygen atoms in total. The Morgan fingerprint density at radius 1 is 1.05 bits per heavy atom. The van der Waals surface area contributed by atoms with Crippen LogP contribution < -0.4 is 5.32 Å². The number of anilines is 1. The predicted molar refractivity (Wildman–Crippen MR) is 79.9 cm³/mol. The number of benzene rings is 2. The Morgan fingerprint density at radius 2 is 1.68 bits per heavy atom. The number of hydrogen-bond acceptors (Lipinski definition) is 1. The number of carbonyl (C=O) groups is 1. The highest BCUT2D eigenvalue weighted by Gasteiger charge is 2.30. The highest BCUT2D eigenvalue weighted by Crippen LogP contribution is 2.29. The molecule has 0 radical (unpaired) electrons. The molecule has 0 aliphatic heterocycles. The monoisotopic (exact) mass is 307 g/mol. The predicted octanol–water partition coefficient (Wildman–Crippen LogP) is 5.08. The third-order valence-electron chi connectivity index (χ3n) is 3.29. The summed E-state index contributed by atoms with van der Waals surface area (Å²) in [7, 11) is 0. The molecule has 0 aromatic heterocycles. The molecule has 5 heteroatoms. The van der Waals surface area contributed by atoms with Crippen LogP contribution in [0.25, 0.3) is 0 Å². The summed E-state index contributed by atoms with van der Waals surface area (Å²) >= 11 is 0. The standard InChI is InChI=1S/C17H16F3NO/c1-11(2)12-6-8-15(9-7-12)21-16(22)13-4-3-5-14(10-13)17(18,19)20/h3-11H,1-2H3,(H,21,22). The Labute approximate surface area is 127 Å². The van der Waals surface area contributed by atoms with Crippen molar-refractivity contribution in [1.82, 2.24) is 0 Å². The van der Waals surface area contributed by atoms with E-state index in [-0.39, 0.29) is 5.56 Å². The van der Waals surface area contributed by atoms with Gasteiger partial charge in [0.15, 0.2) is 0 Å². The lowest BCUT2D eigenvalue weighted by atomic mass is 10.0. The number of carbonyl (C=O) groups excluding carboxylic acids is 1. The van der Waals surface area contributed by atoms with E-state index in [1.165, 1.54) is 12.1 Å². The van der Waals surface area contributed by atoms with Crippen LogP contribution in [0.5, 0.6) is 0 Å². The molecule has 1 N–H and O–H groups in total. The maximum absolute atomic E-state index is 12.6. The maximum Gasteiger partial charge on any atom is 0.416 e. The van der Waals surface area contributed by atoms with E-state index in [1.807, 2.05) is 12.1 Å². The normalized spacial score (nSPS) is 11.5. The lowest BCUT2D eigenvalue weighted by molar-refractivity contribution is -0.137. The molecule has 2 aromatic carbocycles. The van der Waals surface area contributed by atoms with Crippen LogP contribution >= 0.6 is 0 Å². The second-order valence-electron chi connectivity index (χ2n) is 5.31. The summed E-state index contributed by atoms with van der Waals surface area (Å²) in [5.74, 6) is -0.198. The van der Waals surface area contributed by atoms with Crippen LogP contribution in [0.1, 0.15) is 41.3 Å². The minimum atomic E-state index is -4.46. The second-order valence-corrected chi connectivity index (χ2v) is 5.31. The van der Waals surface area contributed by atoms with Crippen molar-refractivity contribution in [2.75, 3.05) is 5.32 Å². The SMILES string of the molecule is CC(C)c1ccc(NC(=O)c2cccc(C(F)(F)F)c2)cc1. The van der Waals surface area contributed by atoms with Crippen molar-refractivity contribution < 1.29 is 18.0 Å². The Balaban J connectivity index is 2.15. The number of alkyl halides is 3. The first kappa shape index (κ1) is 16.1. The summed E-state index contributed by atoms with van der Waals surface area (Å²) in [5, 5.41) is 2.60. The molecule has 0 unspecified atom stereocenters. The smallest absolute Gasteiger partial charge is 0.322 e. The molecule has 22 heavy (non-hydrogen) atoms. The van der Waals surface area contributed by atoms with Gasteiger partial charge in [-0.15, -0.1) is 0 Å². The second kappa shape index (κ2) is 6.22. The van der Waals surface area contributed by atoms with Gasteiger partial charge in [-0.3, -0.25) is 4.79 Å². The van der Waals surface area contributed by atoms with Crippen molar-refractivity contribution in [1.29, 1.82) is 0 Å². The molecule has 0 bridgehead atoms. The molecule has 0 aliphatic rings. The molecule has 116 valence electrons. The van der Waals surface area contributed by atoms with Gasteiger partial charge in [-0.25, -0.2) is 0 Å². The third kappa shape index (κ3) is 3.87. The third-order valence-corrected chi connectivity index (χ3v) is 3.29. The van der Waals surface area contributed by atoms with Crippen molar-refractivity contribution >= 4 is 11.6 Å². The van der Waals surface area contributed by atoms with Crippen molar-refractivity contribution in [2.45, 2.75) is 25.9 Å². The fourth-order valence-corrected chi connectivity index (χ4v) is 1.99. The van der Waals surface area contributed by atoms with Crippen LogP contribution in [-0.4, -0.2) is 5.91 Å². The van der Waals surface area contributed by atoms with E-state index >= 15 is 0 Å². The summed E-state index contributed by atoms with van der Waals surface area (Å²) in [6, 6.07) is 11.6. The number of rotatable bonds is 3. The maximum atomic E-state index is 12.6. The van der Waals surface area contributed by atoms with Gasteiger partial charge in [-0.2, -0.15) is 13.2 Å². The molecule has 1 amide bonds. The first-order valence-corrected chi connectivity index (χ1v) is 6.86. The van der Waals surface area contributed by atoms with Crippen LogP contribution in [0.3, 0.4) is 0 Å². The van der Waals surface area contributed by atoms with Gasteiger partial charge < -0.3 is 5.32 Å². The zero-order valence-electron chi connectivity index (χ0n) is 12.2. The van der Waals surface area contributed by atoms with Gasteiger partial charge in [0.2, 0.25) is 0 Å². The van der Waals surface area contributed by atoms with Gasteiger partial charge in [-0.1, -0.05) is 32.0 Å². The van der Waals surface area contributed by atoms with Crippen LogP contribution in [-0.2, 0) is 6.18 Å². The molecule has 0 spiro atoms. The number of amides is 1. The minimum absolute atomic E-state index is 0.0252. The summed E-state index contributed by atoms with van der Waals surface area (Å²) in [4.78, 5) is 12.0. The Kier molecular flexibility index (Phi) is 4.54. The summed E-state index contributed by atoms with van der Waals surface area (Å²) in [6.45, 7) is 4.10. The first-order chi connectivity index (χ1) is 10.3. The van der Waals surface area contributed by atoms with Gasteiger partial charge in [0.1, 0.15) is 0 Å². The van der Waals surface area contributed by atoms with Gasteiger partial charge >= 0.3 is 6.18 Å². The van der Waals surface area contributed by atoms with E-state index in [9.17, 15) is 18.0 Å². The van der Waals surface area contributed by atoms with Gasteiger partial charge in [-0.05, 0) is 41.8 Å². The average molecular weight is 307 g/mol. The summed E-state index contributed by atoms with van der Waals surface area (Å²) in [5.41, 5.74) is 0.807. The van der Waals surface area contributed by atoms with Gasteiger partial charge in [0.25, 0.3) is 5.91 Å². The Bertz CT molecular complexity index is 660. The van der Waals surface area contributed by atoms with Gasteiger partial charge in [0, 0.05) is 11.3 Å². The average Bonchev–Trinajstić information content (AvgIpc) is 2.47. The lowest BCUT2D eigenvalue weighted by Gasteiger charge is -2.10. The quantitative estimate of drug-likeness (QED) is 0.841. The van der Waals surface area contributed by atoms with Crippen molar-refractivity contribution in [3.8, 4) is 0 Å². The molecular formula is C17H16F3NO. The first-order valence-electron chi connectivity index (χ1n) is 6.86. The van der Waals surface area contributed by atoms with Crippen LogP contribution in [0.2, 0.25) is 0 Å². The zero-order chi connectivity index (χ0) is 16.3. The number of nitrogens with one attached hydrogen (secondary N) is 1. The van der Waals surface area contributed by atoms with Crippen LogP contribution in [0.4, 0.5) is 18.9 Å². The Morgan fingerprint density at radius 3 is 2.23 bits per heavy atom.